The Labute approximate surface area is 124 Å². The maximum Gasteiger partial charge on any atom is 0.269 e. The third-order valence-corrected chi connectivity index (χ3v) is 3.31. The van der Waals surface area contributed by atoms with Crippen LogP contribution in [-0.4, -0.2) is 32.1 Å². The van der Waals surface area contributed by atoms with E-state index in [0.717, 1.165) is 5.82 Å². The Morgan fingerprint density at radius 1 is 1.48 bits per heavy atom. The van der Waals surface area contributed by atoms with Gasteiger partial charge in [0.05, 0.1) is 4.92 Å². The highest BCUT2D eigenvalue weighted by Gasteiger charge is 2.09. The third kappa shape index (κ3) is 3.51. The number of H-pyrrole nitrogens is 1. The summed E-state index contributed by atoms with van der Waals surface area (Å²) < 4.78 is 2.25. The van der Waals surface area contributed by atoms with Crippen LogP contribution in [0.3, 0.4) is 0 Å². The van der Waals surface area contributed by atoms with E-state index in [0.29, 0.717) is 23.3 Å². The van der Waals surface area contributed by atoms with Crippen molar-refractivity contribution in [3.63, 3.8) is 0 Å². The van der Waals surface area contributed by atoms with E-state index in [1.54, 1.807) is 11.6 Å². The summed E-state index contributed by atoms with van der Waals surface area (Å²) in [5, 5.41) is 19.9. The minimum Gasteiger partial charge on any atom is -0.352 e. The summed E-state index contributed by atoms with van der Waals surface area (Å²) >= 11 is 4.99. The molecule has 2 N–H and O–H groups in total. The molecule has 0 bridgehead atoms. The zero-order valence-electron chi connectivity index (χ0n) is 11.2. The number of carbonyl (C=O) groups excluding carboxylic acids is 1. The van der Waals surface area contributed by atoms with Gasteiger partial charge in [-0.15, -0.1) is 0 Å². The second-order valence-electron chi connectivity index (χ2n) is 4.31. The summed E-state index contributed by atoms with van der Waals surface area (Å²) in [6.07, 6.45) is 0.530. The molecule has 8 nitrogen and oxygen atoms in total. The van der Waals surface area contributed by atoms with E-state index in [-0.39, 0.29) is 11.6 Å². The van der Waals surface area contributed by atoms with Gasteiger partial charge in [0.25, 0.3) is 11.6 Å². The molecule has 0 atom stereocenters. The molecule has 2 rings (SSSR count). The number of benzene rings is 1. The van der Waals surface area contributed by atoms with Gasteiger partial charge in [-0.2, -0.15) is 5.10 Å². The highest BCUT2D eigenvalue weighted by molar-refractivity contribution is 7.71. The van der Waals surface area contributed by atoms with Gasteiger partial charge in [-0.1, -0.05) is 0 Å². The normalized spacial score (nSPS) is 10.3. The molecular formula is C12H13N5O3S. The maximum atomic E-state index is 11.9. The molecule has 0 fully saturated rings. The number of hydrogen-bond donors (Lipinski definition) is 2. The van der Waals surface area contributed by atoms with E-state index in [1.807, 2.05) is 0 Å². The van der Waals surface area contributed by atoms with Crippen LogP contribution in [0.1, 0.15) is 16.2 Å². The Kier molecular flexibility index (Phi) is 4.43. The molecular weight excluding hydrogens is 294 g/mol. The number of carbonyl (C=O) groups is 1. The molecule has 0 unspecified atom stereocenters. The zero-order valence-corrected chi connectivity index (χ0v) is 12.0. The number of nitro benzene ring substituents is 1. The fourth-order valence-corrected chi connectivity index (χ4v) is 1.88. The standard InChI is InChI=1S/C12H13N5O3S/c1-16-10(14-15-12(16)21)6-7-13-11(18)8-2-4-9(5-3-8)17(19)20/h2-5H,6-7H2,1H3,(H,13,18)(H,15,21). The first-order valence-electron chi connectivity index (χ1n) is 6.12. The molecule has 0 saturated heterocycles. The van der Waals surface area contributed by atoms with Crippen molar-refractivity contribution in [2.24, 2.45) is 7.05 Å². The van der Waals surface area contributed by atoms with Gasteiger partial charge in [-0.25, -0.2) is 0 Å². The molecule has 1 amide bonds. The van der Waals surface area contributed by atoms with Crippen molar-refractivity contribution in [3.8, 4) is 0 Å². The predicted molar refractivity (Wildman–Crippen MR) is 77.5 cm³/mol. The smallest absolute Gasteiger partial charge is 0.269 e. The molecule has 0 saturated carbocycles. The zero-order chi connectivity index (χ0) is 15.4. The molecule has 9 heteroatoms. The topological polar surface area (TPSA) is 106 Å². The van der Waals surface area contributed by atoms with Gasteiger partial charge in [-0.3, -0.25) is 20.0 Å². The van der Waals surface area contributed by atoms with Crippen LogP contribution < -0.4 is 5.32 Å². The molecule has 0 radical (unpaired) electrons. The van der Waals surface area contributed by atoms with Crippen molar-refractivity contribution in [1.82, 2.24) is 20.1 Å². The largest absolute Gasteiger partial charge is 0.352 e. The number of non-ortho nitro benzene ring substituents is 1. The molecule has 0 aliphatic heterocycles. The predicted octanol–water partition coefficient (Wildman–Crippen LogP) is 1.36. The van der Waals surface area contributed by atoms with Gasteiger partial charge in [0.2, 0.25) is 0 Å². The Hall–Kier alpha value is -2.55. The number of hydrogen-bond acceptors (Lipinski definition) is 5. The number of amides is 1. The SMILES string of the molecule is Cn1c(CCNC(=O)c2ccc([N+](=O)[O-])cc2)n[nH]c1=S. The summed E-state index contributed by atoms with van der Waals surface area (Å²) in [6.45, 7) is 0.392. The number of nitrogens with zero attached hydrogens (tertiary/aromatic N) is 3. The summed E-state index contributed by atoms with van der Waals surface area (Å²) in [4.78, 5) is 21.9. The van der Waals surface area contributed by atoms with Crippen LogP contribution in [0.4, 0.5) is 5.69 Å². The van der Waals surface area contributed by atoms with Gasteiger partial charge in [0.15, 0.2) is 4.77 Å². The molecule has 1 aromatic carbocycles. The van der Waals surface area contributed by atoms with Crippen molar-refractivity contribution in [1.29, 1.82) is 0 Å². The lowest BCUT2D eigenvalue weighted by molar-refractivity contribution is -0.384. The summed E-state index contributed by atoms with van der Waals surface area (Å²) in [6, 6.07) is 5.44. The van der Waals surface area contributed by atoms with Gasteiger partial charge in [0, 0.05) is 37.7 Å². The van der Waals surface area contributed by atoms with Gasteiger partial charge in [-0.05, 0) is 24.4 Å². The van der Waals surface area contributed by atoms with Gasteiger partial charge >= 0.3 is 0 Å². The highest BCUT2D eigenvalue weighted by atomic mass is 32.1. The second-order valence-corrected chi connectivity index (χ2v) is 4.70. The monoisotopic (exact) mass is 307 g/mol. The quantitative estimate of drug-likeness (QED) is 0.493. The van der Waals surface area contributed by atoms with Gasteiger partial charge < -0.3 is 9.88 Å². The van der Waals surface area contributed by atoms with E-state index in [9.17, 15) is 14.9 Å². The van der Waals surface area contributed by atoms with Crippen LogP contribution in [0, 0.1) is 14.9 Å². The number of aromatic amines is 1. The Morgan fingerprint density at radius 2 is 2.14 bits per heavy atom. The number of rotatable bonds is 5. The molecule has 0 aliphatic carbocycles. The molecule has 110 valence electrons. The Bertz CT molecular complexity index is 719. The van der Waals surface area contributed by atoms with Gasteiger partial charge in [0.1, 0.15) is 5.82 Å². The average Bonchev–Trinajstić information content (AvgIpc) is 2.79. The first-order chi connectivity index (χ1) is 9.99. The van der Waals surface area contributed by atoms with E-state index < -0.39 is 4.92 Å². The lowest BCUT2D eigenvalue weighted by Crippen LogP contribution is -2.26. The third-order valence-electron chi connectivity index (χ3n) is 2.95. The summed E-state index contributed by atoms with van der Waals surface area (Å²) in [7, 11) is 1.79. The van der Waals surface area contributed by atoms with Crippen molar-refractivity contribution in [2.75, 3.05) is 6.54 Å². The lowest BCUT2D eigenvalue weighted by Gasteiger charge is -2.04. The summed E-state index contributed by atoms with van der Waals surface area (Å²) in [5.41, 5.74) is 0.323. The molecule has 21 heavy (non-hydrogen) atoms. The van der Waals surface area contributed by atoms with Crippen molar-refractivity contribution < 1.29 is 9.72 Å². The highest BCUT2D eigenvalue weighted by Crippen LogP contribution is 2.11. The molecule has 1 heterocycles. The fourth-order valence-electron chi connectivity index (χ4n) is 1.73. The van der Waals surface area contributed by atoms with Crippen LogP contribution >= 0.6 is 12.2 Å². The van der Waals surface area contributed by atoms with E-state index >= 15 is 0 Å². The van der Waals surface area contributed by atoms with Crippen LogP contribution in [0.5, 0.6) is 0 Å². The van der Waals surface area contributed by atoms with Crippen LogP contribution in [-0.2, 0) is 13.5 Å². The number of aromatic nitrogens is 3. The molecule has 0 aliphatic rings. The Morgan fingerprint density at radius 3 is 2.67 bits per heavy atom. The van der Waals surface area contributed by atoms with E-state index in [4.69, 9.17) is 12.2 Å². The maximum absolute atomic E-state index is 11.9. The molecule has 2 aromatic rings. The van der Waals surface area contributed by atoms with E-state index in [1.165, 1.54) is 24.3 Å². The minimum atomic E-state index is -0.508. The molecule has 1 aromatic heterocycles. The molecule has 0 spiro atoms. The van der Waals surface area contributed by atoms with Crippen LogP contribution in [0.15, 0.2) is 24.3 Å². The number of nitrogens with one attached hydrogen (secondary N) is 2. The van der Waals surface area contributed by atoms with Crippen LogP contribution in [0.25, 0.3) is 0 Å². The van der Waals surface area contributed by atoms with Crippen molar-refractivity contribution in [3.05, 3.63) is 50.5 Å². The first-order valence-corrected chi connectivity index (χ1v) is 6.53. The lowest BCUT2D eigenvalue weighted by atomic mass is 10.2. The minimum absolute atomic E-state index is 0.0481. The fraction of sp³-hybridized carbons (Fsp3) is 0.250. The first kappa shape index (κ1) is 14.9. The van der Waals surface area contributed by atoms with Crippen molar-refractivity contribution >= 4 is 23.8 Å². The van der Waals surface area contributed by atoms with Crippen molar-refractivity contribution in [2.45, 2.75) is 6.42 Å². The number of nitro groups is 1. The average molecular weight is 307 g/mol. The van der Waals surface area contributed by atoms with Crippen LogP contribution in [0.2, 0.25) is 0 Å². The summed E-state index contributed by atoms with van der Waals surface area (Å²) in [5.74, 6) is 0.450. The second kappa shape index (κ2) is 6.27. The Balaban J connectivity index is 1.91. The van der Waals surface area contributed by atoms with E-state index in [2.05, 4.69) is 15.5 Å².